The molecule has 5 aromatic carbocycles. The number of furan rings is 1. The summed E-state index contributed by atoms with van der Waals surface area (Å²) in [4.78, 5) is 14.8. The van der Waals surface area contributed by atoms with E-state index in [9.17, 15) is 0 Å². The molecule has 8 aromatic rings. The fraction of sp³-hybridized carbons (Fsp3) is 0. The van der Waals surface area contributed by atoms with Crippen LogP contribution in [0.3, 0.4) is 0 Å². The molecule has 0 bridgehead atoms. The van der Waals surface area contributed by atoms with Crippen LogP contribution in [0.5, 0.6) is 0 Å². The van der Waals surface area contributed by atoms with E-state index in [-0.39, 0.29) is 0 Å². The van der Waals surface area contributed by atoms with Gasteiger partial charge in [0, 0.05) is 32.8 Å². The first-order valence-electron chi connectivity index (χ1n) is 13.6. The molecule has 3 aromatic heterocycles. The number of nitrogens with zero attached hydrogens (tertiary/aromatic N) is 3. The van der Waals surface area contributed by atoms with E-state index in [4.69, 9.17) is 19.4 Å². The fourth-order valence-corrected chi connectivity index (χ4v) is 5.45. The molecule has 4 heteroatoms. The molecule has 0 radical (unpaired) electrons. The standard InChI is InChI=1S/C37H23N3O/c1-2-9-25(10-3-1)33-23-34(40-37(39-33)32-22-21-26-11-4-6-15-31(26)38-32)27-19-17-24(18-20-27)28-13-8-14-30-29-12-5-7-16-35(29)41-36(28)30/h1-23H. The Morgan fingerprint density at radius 2 is 1.12 bits per heavy atom. The molecule has 0 fully saturated rings. The first-order chi connectivity index (χ1) is 20.3. The summed E-state index contributed by atoms with van der Waals surface area (Å²) >= 11 is 0. The number of pyridine rings is 1. The van der Waals surface area contributed by atoms with Crippen LogP contribution in [-0.2, 0) is 0 Å². The minimum absolute atomic E-state index is 0.600. The number of para-hydroxylation sites is 3. The third-order valence-electron chi connectivity index (χ3n) is 7.52. The summed E-state index contributed by atoms with van der Waals surface area (Å²) in [6, 6.07) is 47.4. The van der Waals surface area contributed by atoms with Crippen molar-refractivity contribution in [3.63, 3.8) is 0 Å². The van der Waals surface area contributed by atoms with E-state index in [1.807, 2.05) is 60.7 Å². The van der Waals surface area contributed by atoms with Gasteiger partial charge >= 0.3 is 0 Å². The summed E-state index contributed by atoms with van der Waals surface area (Å²) in [6.07, 6.45) is 0. The summed E-state index contributed by atoms with van der Waals surface area (Å²) in [5.74, 6) is 0.600. The number of rotatable bonds is 4. The number of hydrogen-bond donors (Lipinski definition) is 0. The van der Waals surface area contributed by atoms with Crippen molar-refractivity contribution in [1.82, 2.24) is 15.0 Å². The van der Waals surface area contributed by atoms with Gasteiger partial charge in [-0.3, -0.25) is 0 Å². The average molecular weight is 526 g/mol. The second-order valence-electron chi connectivity index (χ2n) is 10.1. The zero-order chi connectivity index (χ0) is 27.2. The molecule has 0 unspecified atom stereocenters. The van der Waals surface area contributed by atoms with Crippen molar-refractivity contribution in [3.8, 4) is 45.2 Å². The second kappa shape index (κ2) is 9.54. The molecular formula is C37H23N3O. The normalized spacial score (nSPS) is 11.4. The fourth-order valence-electron chi connectivity index (χ4n) is 5.45. The quantitative estimate of drug-likeness (QED) is 0.230. The van der Waals surface area contributed by atoms with Crippen LogP contribution in [0.2, 0.25) is 0 Å². The maximum atomic E-state index is 6.29. The van der Waals surface area contributed by atoms with Gasteiger partial charge in [-0.25, -0.2) is 15.0 Å². The maximum absolute atomic E-state index is 6.29. The van der Waals surface area contributed by atoms with E-state index in [0.717, 1.165) is 72.2 Å². The largest absolute Gasteiger partial charge is 0.455 e. The van der Waals surface area contributed by atoms with Crippen LogP contribution in [0.15, 0.2) is 144 Å². The minimum Gasteiger partial charge on any atom is -0.455 e. The van der Waals surface area contributed by atoms with Gasteiger partial charge in [-0.05, 0) is 29.8 Å². The highest BCUT2D eigenvalue weighted by Crippen LogP contribution is 2.36. The van der Waals surface area contributed by atoms with Crippen LogP contribution in [-0.4, -0.2) is 15.0 Å². The van der Waals surface area contributed by atoms with Gasteiger partial charge in [0.25, 0.3) is 0 Å². The summed E-state index contributed by atoms with van der Waals surface area (Å²) < 4.78 is 6.29. The summed E-state index contributed by atoms with van der Waals surface area (Å²) in [5, 5.41) is 3.34. The topological polar surface area (TPSA) is 51.8 Å². The lowest BCUT2D eigenvalue weighted by Crippen LogP contribution is -1.97. The Kier molecular flexibility index (Phi) is 5.42. The van der Waals surface area contributed by atoms with Crippen LogP contribution in [0.25, 0.3) is 78.0 Å². The highest BCUT2D eigenvalue weighted by molar-refractivity contribution is 6.09. The van der Waals surface area contributed by atoms with Gasteiger partial charge in [-0.15, -0.1) is 0 Å². The molecule has 0 N–H and O–H groups in total. The van der Waals surface area contributed by atoms with Crippen molar-refractivity contribution in [2.75, 3.05) is 0 Å². The molecule has 8 rings (SSSR count). The van der Waals surface area contributed by atoms with Gasteiger partial charge in [0.1, 0.15) is 16.9 Å². The van der Waals surface area contributed by atoms with Gasteiger partial charge in [-0.1, -0.05) is 115 Å². The number of benzene rings is 5. The van der Waals surface area contributed by atoms with E-state index in [0.29, 0.717) is 5.82 Å². The number of hydrogen-bond acceptors (Lipinski definition) is 4. The van der Waals surface area contributed by atoms with Crippen molar-refractivity contribution in [3.05, 3.63) is 140 Å². The summed E-state index contributed by atoms with van der Waals surface area (Å²) in [5.41, 5.74) is 9.37. The minimum atomic E-state index is 0.600. The van der Waals surface area contributed by atoms with Crippen molar-refractivity contribution < 1.29 is 4.42 Å². The Bertz CT molecular complexity index is 2200. The second-order valence-corrected chi connectivity index (χ2v) is 10.1. The lowest BCUT2D eigenvalue weighted by molar-refractivity contribution is 0.670. The maximum Gasteiger partial charge on any atom is 0.179 e. The lowest BCUT2D eigenvalue weighted by Gasteiger charge is -2.10. The van der Waals surface area contributed by atoms with Crippen molar-refractivity contribution >= 4 is 32.8 Å². The Balaban J connectivity index is 1.24. The van der Waals surface area contributed by atoms with Crippen LogP contribution in [0, 0.1) is 0 Å². The third-order valence-corrected chi connectivity index (χ3v) is 7.52. The predicted octanol–water partition coefficient (Wildman–Crippen LogP) is 9.59. The van der Waals surface area contributed by atoms with E-state index < -0.39 is 0 Å². The predicted molar refractivity (Wildman–Crippen MR) is 166 cm³/mol. The Labute approximate surface area is 236 Å². The van der Waals surface area contributed by atoms with Crippen LogP contribution >= 0.6 is 0 Å². The molecule has 3 heterocycles. The molecule has 0 spiro atoms. The monoisotopic (exact) mass is 525 g/mol. The van der Waals surface area contributed by atoms with Crippen LogP contribution in [0.4, 0.5) is 0 Å². The molecule has 0 aliphatic carbocycles. The Morgan fingerprint density at radius 3 is 1.98 bits per heavy atom. The van der Waals surface area contributed by atoms with Gasteiger partial charge in [0.2, 0.25) is 0 Å². The summed E-state index contributed by atoms with van der Waals surface area (Å²) in [6.45, 7) is 0. The highest BCUT2D eigenvalue weighted by atomic mass is 16.3. The zero-order valence-corrected chi connectivity index (χ0v) is 22.0. The SMILES string of the molecule is c1ccc(-c2cc(-c3ccc(-c4cccc5c4oc4ccccc45)cc3)nc(-c3ccc4ccccc4n3)n2)cc1. The zero-order valence-electron chi connectivity index (χ0n) is 22.0. The van der Waals surface area contributed by atoms with E-state index >= 15 is 0 Å². The van der Waals surface area contributed by atoms with E-state index in [1.165, 1.54) is 0 Å². The van der Waals surface area contributed by atoms with Gasteiger partial charge in [0.15, 0.2) is 5.82 Å². The van der Waals surface area contributed by atoms with Crippen molar-refractivity contribution in [1.29, 1.82) is 0 Å². The number of fused-ring (bicyclic) bond motifs is 4. The summed E-state index contributed by atoms with van der Waals surface area (Å²) in [7, 11) is 0. The van der Waals surface area contributed by atoms with Gasteiger partial charge in [-0.2, -0.15) is 0 Å². The molecule has 0 aliphatic heterocycles. The van der Waals surface area contributed by atoms with Crippen LogP contribution in [0.1, 0.15) is 0 Å². The third kappa shape index (κ3) is 4.14. The first-order valence-corrected chi connectivity index (χ1v) is 13.6. The Morgan fingerprint density at radius 1 is 0.439 bits per heavy atom. The van der Waals surface area contributed by atoms with Crippen LogP contribution < -0.4 is 0 Å². The van der Waals surface area contributed by atoms with Gasteiger partial charge < -0.3 is 4.42 Å². The van der Waals surface area contributed by atoms with Crippen molar-refractivity contribution in [2.24, 2.45) is 0 Å². The molecule has 0 amide bonds. The first kappa shape index (κ1) is 23.3. The Hall–Kier alpha value is -5.61. The molecule has 0 atom stereocenters. The molecule has 41 heavy (non-hydrogen) atoms. The highest BCUT2D eigenvalue weighted by Gasteiger charge is 2.14. The average Bonchev–Trinajstić information content (AvgIpc) is 3.44. The van der Waals surface area contributed by atoms with Crippen molar-refractivity contribution in [2.45, 2.75) is 0 Å². The lowest BCUT2D eigenvalue weighted by atomic mass is 10.00. The molecular weight excluding hydrogens is 502 g/mol. The van der Waals surface area contributed by atoms with E-state index in [1.54, 1.807) is 0 Å². The number of aromatic nitrogens is 3. The van der Waals surface area contributed by atoms with Gasteiger partial charge in [0.05, 0.1) is 16.9 Å². The molecule has 4 nitrogen and oxygen atoms in total. The van der Waals surface area contributed by atoms with E-state index in [2.05, 4.69) is 78.9 Å². The molecule has 0 saturated carbocycles. The molecule has 0 saturated heterocycles. The molecule has 192 valence electrons. The molecule has 0 aliphatic rings. The smallest absolute Gasteiger partial charge is 0.179 e.